The van der Waals surface area contributed by atoms with Gasteiger partial charge in [0.2, 0.25) is 5.91 Å². The van der Waals surface area contributed by atoms with E-state index < -0.39 is 0 Å². The van der Waals surface area contributed by atoms with Gasteiger partial charge in [0.1, 0.15) is 0 Å². The first kappa shape index (κ1) is 18.2. The Morgan fingerprint density at radius 1 is 1.00 bits per heavy atom. The highest BCUT2D eigenvalue weighted by molar-refractivity contribution is 7.12. The SMILES string of the molecule is CC(C)c1cccc(C(C)C)c1NC(=O)CNC(=O)c1cccs1. The van der Waals surface area contributed by atoms with E-state index in [-0.39, 0.29) is 18.4 Å². The predicted octanol–water partition coefficient (Wildman–Crippen LogP) is 4.36. The maximum atomic E-state index is 12.3. The van der Waals surface area contributed by atoms with Crippen molar-refractivity contribution < 1.29 is 9.59 Å². The lowest BCUT2D eigenvalue weighted by atomic mass is 9.92. The number of nitrogens with one attached hydrogen (secondary N) is 2. The molecule has 0 fully saturated rings. The molecule has 0 unspecified atom stereocenters. The van der Waals surface area contributed by atoms with E-state index in [0.717, 1.165) is 16.8 Å². The highest BCUT2D eigenvalue weighted by Gasteiger charge is 2.16. The maximum Gasteiger partial charge on any atom is 0.261 e. The molecule has 128 valence electrons. The van der Waals surface area contributed by atoms with Gasteiger partial charge in [-0.3, -0.25) is 9.59 Å². The van der Waals surface area contributed by atoms with Crippen molar-refractivity contribution in [2.24, 2.45) is 0 Å². The number of carbonyl (C=O) groups excluding carboxylic acids is 2. The number of carbonyl (C=O) groups is 2. The monoisotopic (exact) mass is 344 g/mol. The van der Waals surface area contributed by atoms with Crippen LogP contribution in [0.15, 0.2) is 35.7 Å². The molecule has 1 aromatic carbocycles. The van der Waals surface area contributed by atoms with Crippen LogP contribution in [0.2, 0.25) is 0 Å². The fraction of sp³-hybridized carbons (Fsp3) is 0.368. The average molecular weight is 344 g/mol. The van der Waals surface area contributed by atoms with Crippen LogP contribution in [-0.4, -0.2) is 18.4 Å². The lowest BCUT2D eigenvalue weighted by molar-refractivity contribution is -0.115. The molecule has 0 atom stereocenters. The number of amides is 2. The van der Waals surface area contributed by atoms with Gasteiger partial charge in [0.15, 0.2) is 0 Å². The van der Waals surface area contributed by atoms with Gasteiger partial charge in [0, 0.05) is 5.69 Å². The summed E-state index contributed by atoms with van der Waals surface area (Å²) in [6.07, 6.45) is 0. The second-order valence-electron chi connectivity index (χ2n) is 6.33. The Balaban J connectivity index is 2.09. The Morgan fingerprint density at radius 2 is 1.62 bits per heavy atom. The average Bonchev–Trinajstić information content (AvgIpc) is 3.06. The summed E-state index contributed by atoms with van der Waals surface area (Å²) in [5.74, 6) is 0.177. The minimum Gasteiger partial charge on any atom is -0.342 e. The summed E-state index contributed by atoms with van der Waals surface area (Å²) < 4.78 is 0. The van der Waals surface area contributed by atoms with E-state index in [9.17, 15) is 9.59 Å². The Labute approximate surface area is 147 Å². The number of benzene rings is 1. The van der Waals surface area contributed by atoms with E-state index >= 15 is 0 Å². The van der Waals surface area contributed by atoms with Crippen LogP contribution < -0.4 is 10.6 Å². The zero-order valence-electron chi connectivity index (χ0n) is 14.6. The van der Waals surface area contributed by atoms with Crippen LogP contribution in [-0.2, 0) is 4.79 Å². The van der Waals surface area contributed by atoms with E-state index in [2.05, 4.69) is 38.3 Å². The smallest absolute Gasteiger partial charge is 0.261 e. The van der Waals surface area contributed by atoms with Crippen LogP contribution in [0.25, 0.3) is 0 Å². The van der Waals surface area contributed by atoms with Crippen LogP contribution in [0.1, 0.15) is 60.3 Å². The van der Waals surface area contributed by atoms with Crippen molar-refractivity contribution in [3.05, 3.63) is 51.7 Å². The second-order valence-corrected chi connectivity index (χ2v) is 7.28. The van der Waals surface area contributed by atoms with Crippen molar-refractivity contribution in [2.75, 3.05) is 11.9 Å². The van der Waals surface area contributed by atoms with Crippen LogP contribution in [0.5, 0.6) is 0 Å². The summed E-state index contributed by atoms with van der Waals surface area (Å²) in [6, 6.07) is 9.65. The fourth-order valence-electron chi connectivity index (χ4n) is 2.53. The topological polar surface area (TPSA) is 58.2 Å². The molecule has 0 spiro atoms. The van der Waals surface area contributed by atoms with Gasteiger partial charge in [-0.05, 0) is 34.4 Å². The molecule has 2 aromatic rings. The number of thiophene rings is 1. The normalized spacial score (nSPS) is 10.9. The Morgan fingerprint density at radius 3 is 2.12 bits per heavy atom. The molecule has 0 aliphatic carbocycles. The first-order valence-corrected chi connectivity index (χ1v) is 9.02. The molecule has 0 aliphatic heterocycles. The van der Waals surface area contributed by atoms with E-state index in [1.165, 1.54) is 11.3 Å². The molecule has 2 amide bonds. The molecule has 1 aromatic heterocycles. The third kappa shape index (κ3) is 4.45. The van der Waals surface area contributed by atoms with Crippen molar-refractivity contribution in [2.45, 2.75) is 39.5 Å². The standard InChI is InChI=1S/C19H24N2O2S/c1-12(2)14-7-5-8-15(13(3)4)18(14)21-17(22)11-20-19(23)16-9-6-10-24-16/h5-10,12-13H,11H2,1-4H3,(H,20,23)(H,21,22). The number of hydrogen-bond acceptors (Lipinski definition) is 3. The predicted molar refractivity (Wildman–Crippen MR) is 99.9 cm³/mol. The van der Waals surface area contributed by atoms with Crippen molar-refractivity contribution in [3.63, 3.8) is 0 Å². The summed E-state index contributed by atoms with van der Waals surface area (Å²) in [6.45, 7) is 8.38. The molecule has 2 N–H and O–H groups in total. The van der Waals surface area contributed by atoms with E-state index in [1.54, 1.807) is 6.07 Å². The van der Waals surface area contributed by atoms with Crippen LogP contribution >= 0.6 is 11.3 Å². The molecule has 4 nitrogen and oxygen atoms in total. The summed E-state index contributed by atoms with van der Waals surface area (Å²) in [4.78, 5) is 24.9. The molecule has 1 heterocycles. The van der Waals surface area contributed by atoms with Gasteiger partial charge in [0.25, 0.3) is 5.91 Å². The van der Waals surface area contributed by atoms with Gasteiger partial charge in [-0.15, -0.1) is 11.3 Å². The van der Waals surface area contributed by atoms with Gasteiger partial charge in [-0.2, -0.15) is 0 Å². The van der Waals surface area contributed by atoms with Gasteiger partial charge in [-0.1, -0.05) is 52.0 Å². The zero-order chi connectivity index (χ0) is 17.7. The minimum absolute atomic E-state index is 0.0410. The third-order valence-corrected chi connectivity index (χ3v) is 4.66. The van der Waals surface area contributed by atoms with Crippen LogP contribution in [0.4, 0.5) is 5.69 Å². The molecule has 5 heteroatoms. The van der Waals surface area contributed by atoms with Crippen molar-refractivity contribution in [3.8, 4) is 0 Å². The first-order chi connectivity index (χ1) is 11.4. The van der Waals surface area contributed by atoms with Crippen molar-refractivity contribution in [1.29, 1.82) is 0 Å². The third-order valence-electron chi connectivity index (χ3n) is 3.79. The van der Waals surface area contributed by atoms with E-state index in [4.69, 9.17) is 0 Å². The molecule has 0 saturated heterocycles. The highest BCUT2D eigenvalue weighted by Crippen LogP contribution is 2.32. The number of rotatable bonds is 6. The van der Waals surface area contributed by atoms with Gasteiger partial charge in [-0.25, -0.2) is 0 Å². The number of hydrogen-bond donors (Lipinski definition) is 2. The Hall–Kier alpha value is -2.14. The minimum atomic E-state index is -0.221. The second kappa shape index (κ2) is 8.11. The number of anilines is 1. The van der Waals surface area contributed by atoms with Crippen LogP contribution in [0, 0.1) is 0 Å². The van der Waals surface area contributed by atoms with Crippen LogP contribution in [0.3, 0.4) is 0 Å². The summed E-state index contributed by atoms with van der Waals surface area (Å²) in [5.41, 5.74) is 3.09. The maximum absolute atomic E-state index is 12.3. The highest BCUT2D eigenvalue weighted by atomic mass is 32.1. The fourth-order valence-corrected chi connectivity index (χ4v) is 3.17. The molecule has 0 aliphatic rings. The molecule has 0 saturated carbocycles. The Kier molecular flexibility index (Phi) is 6.15. The molecule has 0 bridgehead atoms. The van der Waals surface area contributed by atoms with Gasteiger partial charge in [0.05, 0.1) is 11.4 Å². The molecule has 2 rings (SSSR count). The molecule has 24 heavy (non-hydrogen) atoms. The first-order valence-electron chi connectivity index (χ1n) is 8.14. The van der Waals surface area contributed by atoms with E-state index in [0.29, 0.717) is 16.7 Å². The lowest BCUT2D eigenvalue weighted by Gasteiger charge is -2.20. The van der Waals surface area contributed by atoms with Gasteiger partial charge < -0.3 is 10.6 Å². The van der Waals surface area contributed by atoms with E-state index in [1.807, 2.05) is 29.6 Å². The number of para-hydroxylation sites is 1. The summed E-state index contributed by atoms with van der Waals surface area (Å²) in [7, 11) is 0. The lowest BCUT2D eigenvalue weighted by Crippen LogP contribution is -2.33. The van der Waals surface area contributed by atoms with Gasteiger partial charge >= 0.3 is 0 Å². The molecular weight excluding hydrogens is 320 g/mol. The molecule has 0 radical (unpaired) electrons. The quantitative estimate of drug-likeness (QED) is 0.818. The summed E-state index contributed by atoms with van der Waals surface area (Å²) in [5, 5.41) is 7.49. The zero-order valence-corrected chi connectivity index (χ0v) is 15.4. The molecular formula is C19H24N2O2S. The largest absolute Gasteiger partial charge is 0.342 e. The van der Waals surface area contributed by atoms with Crippen molar-refractivity contribution >= 4 is 28.8 Å². The summed E-state index contributed by atoms with van der Waals surface area (Å²) >= 11 is 1.36. The Bertz CT molecular complexity index is 680. The van der Waals surface area contributed by atoms with Crippen molar-refractivity contribution in [1.82, 2.24) is 5.32 Å².